The molecular formula is C15H23ClN2O2. The highest BCUT2D eigenvalue weighted by Crippen LogP contribution is 2.21. The molecule has 4 nitrogen and oxygen atoms in total. The van der Waals surface area contributed by atoms with Crippen LogP contribution in [0.3, 0.4) is 0 Å². The molecule has 5 heteroatoms. The van der Waals surface area contributed by atoms with Crippen LogP contribution in [0, 0.1) is 0 Å². The van der Waals surface area contributed by atoms with Crippen molar-refractivity contribution in [1.29, 1.82) is 0 Å². The molecule has 0 aliphatic heterocycles. The molecule has 0 fully saturated rings. The lowest BCUT2D eigenvalue weighted by Crippen LogP contribution is -2.42. The van der Waals surface area contributed by atoms with E-state index in [4.69, 9.17) is 22.1 Å². The number of amides is 1. The van der Waals surface area contributed by atoms with Gasteiger partial charge in [0.1, 0.15) is 0 Å². The van der Waals surface area contributed by atoms with Gasteiger partial charge < -0.3 is 15.4 Å². The maximum atomic E-state index is 12.3. The first-order valence-corrected chi connectivity index (χ1v) is 7.11. The predicted octanol–water partition coefficient (Wildman–Crippen LogP) is 2.61. The molecule has 0 bridgehead atoms. The van der Waals surface area contributed by atoms with Gasteiger partial charge in [-0.3, -0.25) is 4.79 Å². The van der Waals surface area contributed by atoms with Gasteiger partial charge in [-0.25, -0.2) is 0 Å². The second-order valence-electron chi connectivity index (χ2n) is 4.92. The third-order valence-electron chi connectivity index (χ3n) is 3.46. The lowest BCUT2D eigenvalue weighted by molar-refractivity contribution is -0.133. The fourth-order valence-corrected chi connectivity index (χ4v) is 2.11. The number of ether oxygens (including phenoxy) is 1. The van der Waals surface area contributed by atoms with Crippen LogP contribution in [-0.4, -0.2) is 37.6 Å². The Morgan fingerprint density at radius 1 is 1.40 bits per heavy atom. The monoisotopic (exact) mass is 298 g/mol. The van der Waals surface area contributed by atoms with Crippen LogP contribution in [0.15, 0.2) is 24.3 Å². The number of nitrogens with two attached hydrogens (primary N) is 1. The molecule has 2 atom stereocenters. The second-order valence-corrected chi connectivity index (χ2v) is 5.35. The largest absolute Gasteiger partial charge is 0.385 e. The van der Waals surface area contributed by atoms with E-state index >= 15 is 0 Å². The molecule has 0 aromatic heterocycles. The first kappa shape index (κ1) is 17.0. The van der Waals surface area contributed by atoms with E-state index in [2.05, 4.69) is 0 Å². The highest BCUT2D eigenvalue weighted by Gasteiger charge is 2.22. The fourth-order valence-electron chi connectivity index (χ4n) is 1.99. The van der Waals surface area contributed by atoms with Crippen LogP contribution in [0.2, 0.25) is 5.02 Å². The highest BCUT2D eigenvalue weighted by atomic mass is 35.5. The maximum Gasteiger partial charge on any atom is 0.239 e. The Morgan fingerprint density at radius 3 is 2.55 bits per heavy atom. The van der Waals surface area contributed by atoms with Gasteiger partial charge >= 0.3 is 0 Å². The van der Waals surface area contributed by atoms with Crippen LogP contribution in [0.4, 0.5) is 0 Å². The molecule has 0 radical (unpaired) electrons. The molecule has 0 spiro atoms. The number of likely N-dealkylation sites (N-methyl/N-ethyl adjacent to an activating group) is 1. The molecule has 112 valence electrons. The van der Waals surface area contributed by atoms with Crippen LogP contribution in [0.1, 0.15) is 31.4 Å². The normalized spacial score (nSPS) is 13.8. The topological polar surface area (TPSA) is 55.6 Å². The number of rotatable bonds is 7. The number of halogens is 1. The number of carbonyl (C=O) groups excluding carboxylic acids is 1. The zero-order valence-electron chi connectivity index (χ0n) is 12.3. The highest BCUT2D eigenvalue weighted by molar-refractivity contribution is 6.30. The van der Waals surface area contributed by atoms with Gasteiger partial charge in [-0.1, -0.05) is 23.7 Å². The van der Waals surface area contributed by atoms with E-state index in [9.17, 15) is 4.79 Å². The van der Waals surface area contributed by atoms with Crippen molar-refractivity contribution in [3.8, 4) is 0 Å². The molecule has 0 aliphatic carbocycles. The number of carbonyl (C=O) groups is 1. The van der Waals surface area contributed by atoms with Gasteiger partial charge in [0.15, 0.2) is 0 Å². The van der Waals surface area contributed by atoms with Crippen LogP contribution in [0.5, 0.6) is 0 Å². The summed E-state index contributed by atoms with van der Waals surface area (Å²) in [6, 6.07) is 6.98. The van der Waals surface area contributed by atoms with Gasteiger partial charge in [0, 0.05) is 25.8 Å². The predicted molar refractivity (Wildman–Crippen MR) is 81.7 cm³/mol. The van der Waals surface area contributed by atoms with Crippen molar-refractivity contribution in [2.75, 3.05) is 20.8 Å². The molecule has 0 saturated heterocycles. The van der Waals surface area contributed by atoms with Gasteiger partial charge in [-0.15, -0.1) is 0 Å². The van der Waals surface area contributed by atoms with Gasteiger partial charge in [0.2, 0.25) is 5.91 Å². The Balaban J connectivity index is 2.61. The number of hydrogen-bond acceptors (Lipinski definition) is 3. The fraction of sp³-hybridized carbons (Fsp3) is 0.533. The lowest BCUT2D eigenvalue weighted by atomic mass is 10.1. The van der Waals surface area contributed by atoms with Crippen molar-refractivity contribution < 1.29 is 9.53 Å². The van der Waals surface area contributed by atoms with Crippen molar-refractivity contribution in [1.82, 2.24) is 4.90 Å². The third kappa shape index (κ3) is 4.78. The summed E-state index contributed by atoms with van der Waals surface area (Å²) in [5.74, 6) is -0.0523. The quantitative estimate of drug-likeness (QED) is 0.787. The van der Waals surface area contributed by atoms with E-state index in [1.54, 1.807) is 19.1 Å². The minimum atomic E-state index is -0.482. The van der Waals surface area contributed by atoms with Gasteiger partial charge in [0.25, 0.3) is 0 Å². The second kappa shape index (κ2) is 8.25. The van der Waals surface area contributed by atoms with Crippen molar-refractivity contribution >= 4 is 17.5 Å². The molecule has 2 N–H and O–H groups in total. The molecule has 2 unspecified atom stereocenters. The zero-order valence-corrected chi connectivity index (χ0v) is 13.1. The summed E-state index contributed by atoms with van der Waals surface area (Å²) in [6.45, 7) is 2.60. The smallest absolute Gasteiger partial charge is 0.239 e. The van der Waals surface area contributed by atoms with Crippen molar-refractivity contribution in [2.24, 2.45) is 5.73 Å². The average Bonchev–Trinajstić information content (AvgIpc) is 2.46. The van der Waals surface area contributed by atoms with E-state index in [0.29, 0.717) is 18.1 Å². The summed E-state index contributed by atoms with van der Waals surface area (Å²) in [5.41, 5.74) is 6.97. The first-order chi connectivity index (χ1) is 9.47. The van der Waals surface area contributed by atoms with Crippen LogP contribution in [-0.2, 0) is 9.53 Å². The third-order valence-corrected chi connectivity index (χ3v) is 3.71. The Morgan fingerprint density at radius 2 is 2.00 bits per heavy atom. The lowest BCUT2D eigenvalue weighted by Gasteiger charge is -2.28. The number of nitrogens with zero attached hydrogens (tertiary/aromatic N) is 1. The summed E-state index contributed by atoms with van der Waals surface area (Å²) in [7, 11) is 3.42. The molecule has 0 heterocycles. The van der Waals surface area contributed by atoms with Gasteiger partial charge in [-0.05, 0) is 37.5 Å². The summed E-state index contributed by atoms with van der Waals surface area (Å²) in [4.78, 5) is 13.9. The van der Waals surface area contributed by atoms with Crippen molar-refractivity contribution in [3.05, 3.63) is 34.9 Å². The standard InChI is InChI=1S/C15H23ClN2O2/c1-11(12-6-8-13(16)9-7-12)18(2)15(19)14(17)5-4-10-20-3/h6-9,11,14H,4-5,10,17H2,1-3H3. The van der Waals surface area contributed by atoms with Crippen molar-refractivity contribution in [2.45, 2.75) is 31.8 Å². The molecular weight excluding hydrogens is 276 g/mol. The minimum absolute atomic E-state index is 0.0340. The maximum absolute atomic E-state index is 12.3. The van der Waals surface area contributed by atoms with Crippen molar-refractivity contribution in [3.63, 3.8) is 0 Å². The average molecular weight is 299 g/mol. The minimum Gasteiger partial charge on any atom is -0.385 e. The summed E-state index contributed by atoms with van der Waals surface area (Å²) in [5, 5.41) is 0.686. The van der Waals surface area contributed by atoms with Crippen LogP contribution >= 0.6 is 11.6 Å². The van der Waals surface area contributed by atoms with Gasteiger partial charge in [-0.2, -0.15) is 0 Å². The molecule has 1 amide bonds. The SMILES string of the molecule is COCCCC(N)C(=O)N(C)C(C)c1ccc(Cl)cc1. The van der Waals surface area contributed by atoms with Crippen LogP contribution < -0.4 is 5.73 Å². The number of hydrogen-bond donors (Lipinski definition) is 1. The zero-order chi connectivity index (χ0) is 15.1. The van der Waals surface area contributed by atoms with Crippen LogP contribution in [0.25, 0.3) is 0 Å². The van der Waals surface area contributed by atoms with E-state index in [0.717, 1.165) is 12.0 Å². The summed E-state index contributed by atoms with van der Waals surface area (Å²) in [6.07, 6.45) is 1.41. The van der Waals surface area contributed by atoms with Gasteiger partial charge in [0.05, 0.1) is 12.1 Å². The molecule has 1 aromatic carbocycles. The van der Waals surface area contributed by atoms with E-state index in [1.165, 1.54) is 0 Å². The van der Waals surface area contributed by atoms with E-state index in [1.807, 2.05) is 31.2 Å². The summed E-state index contributed by atoms with van der Waals surface area (Å²) < 4.78 is 4.97. The molecule has 1 aromatic rings. The molecule has 1 rings (SSSR count). The summed E-state index contributed by atoms with van der Waals surface area (Å²) >= 11 is 5.87. The Labute approximate surface area is 125 Å². The molecule has 0 aliphatic rings. The number of methoxy groups -OCH3 is 1. The Bertz CT molecular complexity index is 422. The molecule has 0 saturated carbocycles. The Kier molecular flexibility index (Phi) is 6.99. The Hall–Kier alpha value is -1.10. The first-order valence-electron chi connectivity index (χ1n) is 6.74. The van der Waals surface area contributed by atoms with E-state index in [-0.39, 0.29) is 11.9 Å². The molecule has 20 heavy (non-hydrogen) atoms. The van der Waals surface area contributed by atoms with E-state index < -0.39 is 6.04 Å². The number of benzene rings is 1.